The van der Waals surface area contributed by atoms with Gasteiger partial charge >= 0.3 is 12.0 Å². The van der Waals surface area contributed by atoms with Gasteiger partial charge < -0.3 is 40.2 Å². The molecule has 57 heavy (non-hydrogen) atoms. The van der Waals surface area contributed by atoms with Crippen LogP contribution in [0.5, 0.6) is 11.5 Å². The predicted molar refractivity (Wildman–Crippen MR) is 218 cm³/mol. The highest BCUT2D eigenvalue weighted by atomic mass is 16.5. The lowest BCUT2D eigenvalue weighted by Crippen LogP contribution is -2.58. The number of pyridine rings is 1. The van der Waals surface area contributed by atoms with E-state index >= 15 is 0 Å². The smallest absolute Gasteiger partial charge is 0.332 e. The number of nitrogens with zero attached hydrogens (tertiary/aromatic N) is 2. The Labute approximate surface area is 334 Å². The third-order valence-corrected chi connectivity index (χ3v) is 11.5. The molecule has 7 rings (SSSR count). The molecule has 3 unspecified atom stereocenters. The zero-order chi connectivity index (χ0) is 40.5. The van der Waals surface area contributed by atoms with Crippen molar-refractivity contribution in [1.29, 1.82) is 0 Å². The number of nitrogens with one attached hydrogen (secondary N) is 3. The Morgan fingerprint density at radius 1 is 1.07 bits per heavy atom. The summed E-state index contributed by atoms with van der Waals surface area (Å²) in [5.41, 5.74) is 2.78. The average Bonchev–Trinajstić information content (AvgIpc) is 3.59. The quantitative estimate of drug-likeness (QED) is 0.0987. The van der Waals surface area contributed by atoms with Crippen LogP contribution >= 0.6 is 0 Å². The maximum atomic E-state index is 14.5. The van der Waals surface area contributed by atoms with Crippen molar-refractivity contribution in [1.82, 2.24) is 25.8 Å². The number of likely N-dealkylation sites (tertiary alicyclic amines) is 1. The van der Waals surface area contributed by atoms with E-state index in [2.05, 4.69) is 22.5 Å². The van der Waals surface area contributed by atoms with E-state index in [1.807, 2.05) is 99.6 Å². The highest BCUT2D eigenvalue weighted by molar-refractivity contribution is 5.95. The Morgan fingerprint density at radius 2 is 1.82 bits per heavy atom. The summed E-state index contributed by atoms with van der Waals surface area (Å²) in [7, 11) is 1.60. The molecule has 0 spiro atoms. The van der Waals surface area contributed by atoms with Gasteiger partial charge in [0.1, 0.15) is 29.2 Å². The van der Waals surface area contributed by atoms with Gasteiger partial charge in [-0.3, -0.25) is 4.79 Å². The van der Waals surface area contributed by atoms with Crippen LogP contribution in [0.2, 0.25) is 0 Å². The molecule has 0 radical (unpaired) electrons. The molecule has 1 aliphatic heterocycles. The van der Waals surface area contributed by atoms with Crippen LogP contribution in [-0.2, 0) is 20.7 Å². The Balaban J connectivity index is 1.17. The van der Waals surface area contributed by atoms with E-state index in [0.717, 1.165) is 22.1 Å². The largest absolute Gasteiger partial charge is 0.497 e. The number of hydrogen-bond donors (Lipinski definition) is 4. The first-order valence-corrected chi connectivity index (χ1v) is 19.7. The van der Waals surface area contributed by atoms with Gasteiger partial charge in [0.15, 0.2) is 0 Å². The number of ether oxygens (including phenoxy) is 3. The van der Waals surface area contributed by atoms with Crippen molar-refractivity contribution in [2.24, 2.45) is 11.3 Å². The second-order valence-electron chi connectivity index (χ2n) is 16.4. The van der Waals surface area contributed by atoms with E-state index in [1.54, 1.807) is 20.1 Å². The number of aliphatic hydroxyl groups excluding tert-OH is 1. The summed E-state index contributed by atoms with van der Waals surface area (Å²) in [6.45, 7) is 12.3. The van der Waals surface area contributed by atoms with E-state index in [4.69, 9.17) is 19.2 Å². The molecule has 3 aliphatic rings. The monoisotopic (exact) mass is 775 g/mol. The molecular formula is C45H53N5O7. The SMILES string of the molecule is C=CC1CC1(NC(=O)[C@@H]1C[C@@H](Oc2cc(-c3ccccc3)nc3cc(OC)ccc23)CN1C(=O)NC(CN[C@H]1c2ccccc2C[C@H]1O)C(C)(C)C)C(=O)OCC. The summed E-state index contributed by atoms with van der Waals surface area (Å²) in [4.78, 5) is 48.5. The van der Waals surface area contributed by atoms with E-state index < -0.39 is 47.1 Å². The number of aliphatic hydroxyl groups is 1. The van der Waals surface area contributed by atoms with Crippen LogP contribution in [0.1, 0.15) is 57.7 Å². The molecule has 1 saturated heterocycles. The zero-order valence-corrected chi connectivity index (χ0v) is 33.3. The third-order valence-electron chi connectivity index (χ3n) is 11.5. The van der Waals surface area contributed by atoms with Crippen LogP contribution < -0.4 is 25.4 Å². The summed E-state index contributed by atoms with van der Waals surface area (Å²) < 4.78 is 17.6. The first kappa shape index (κ1) is 39.8. The van der Waals surface area contributed by atoms with Gasteiger partial charge in [-0.1, -0.05) is 81.4 Å². The number of methoxy groups -OCH3 is 1. The van der Waals surface area contributed by atoms with Crippen molar-refractivity contribution in [3.05, 3.63) is 103 Å². The van der Waals surface area contributed by atoms with Gasteiger partial charge in [0.25, 0.3) is 0 Å². The minimum absolute atomic E-state index is 0.0981. The Morgan fingerprint density at radius 3 is 2.53 bits per heavy atom. The standard InChI is InChI=1S/C45H53N5O7/c1-7-29-24-45(29,42(53)56-8-2)49-41(52)36-22-31(57-38-23-34(27-14-10-9-11-15-27)47-35-21-30(55-6)18-19-33(35)38)26-50(36)43(54)48-39(44(3,4)5)25-46-40-32-17-13-12-16-28(32)20-37(40)51/h7,9-19,21,23,29,31,36-37,39-40,46,51H,1,8,20,22,24-26H2,2-6H3,(H,48,54)(H,49,52)/t29?,31-,36+,37-,39?,40+,45?/m1/s1. The Hall–Kier alpha value is -5.46. The van der Waals surface area contributed by atoms with Gasteiger partial charge in [0.2, 0.25) is 5.91 Å². The van der Waals surface area contributed by atoms with E-state index in [9.17, 15) is 19.5 Å². The third kappa shape index (κ3) is 8.20. The summed E-state index contributed by atoms with van der Waals surface area (Å²) in [6, 6.07) is 23.1. The van der Waals surface area contributed by atoms with Crippen molar-refractivity contribution in [3.8, 4) is 22.8 Å². The number of hydrogen-bond acceptors (Lipinski definition) is 9. The minimum atomic E-state index is -1.24. The molecule has 1 aromatic heterocycles. The second kappa shape index (κ2) is 16.2. The van der Waals surface area contributed by atoms with Gasteiger partial charge in [-0.2, -0.15) is 0 Å². The first-order valence-electron chi connectivity index (χ1n) is 19.7. The molecular weight excluding hydrogens is 723 g/mol. The summed E-state index contributed by atoms with van der Waals surface area (Å²) in [6.07, 6.45) is 1.55. The maximum absolute atomic E-state index is 14.5. The van der Waals surface area contributed by atoms with Crippen LogP contribution in [0.4, 0.5) is 4.79 Å². The Kier molecular flexibility index (Phi) is 11.3. The summed E-state index contributed by atoms with van der Waals surface area (Å²) in [5.74, 6) is -0.0856. The van der Waals surface area contributed by atoms with Gasteiger partial charge in [0, 0.05) is 54.4 Å². The molecule has 3 amide bonds. The van der Waals surface area contributed by atoms with Crippen LogP contribution in [-0.4, -0.2) is 89.5 Å². The van der Waals surface area contributed by atoms with E-state index in [1.165, 1.54) is 4.90 Å². The first-order chi connectivity index (χ1) is 27.3. The second-order valence-corrected chi connectivity index (χ2v) is 16.4. The predicted octanol–water partition coefficient (Wildman–Crippen LogP) is 5.73. The molecule has 12 nitrogen and oxygen atoms in total. The molecule has 2 fully saturated rings. The molecule has 4 aromatic rings. The number of carbonyl (C=O) groups excluding carboxylic acids is 3. The van der Waals surface area contributed by atoms with Crippen LogP contribution in [0, 0.1) is 11.3 Å². The average molecular weight is 776 g/mol. The number of urea groups is 1. The molecule has 12 heteroatoms. The number of esters is 1. The minimum Gasteiger partial charge on any atom is -0.497 e. The number of aromatic nitrogens is 1. The van der Waals surface area contributed by atoms with Gasteiger partial charge in [-0.05, 0) is 42.0 Å². The number of carbonyl (C=O) groups is 3. The molecule has 2 heterocycles. The van der Waals surface area contributed by atoms with Gasteiger partial charge in [0.05, 0.1) is 43.6 Å². The van der Waals surface area contributed by atoms with E-state index in [0.29, 0.717) is 42.1 Å². The molecule has 2 aliphatic carbocycles. The fraction of sp³-hybridized carbons (Fsp3) is 0.422. The topological polar surface area (TPSA) is 151 Å². The summed E-state index contributed by atoms with van der Waals surface area (Å²) in [5, 5.41) is 21.4. The summed E-state index contributed by atoms with van der Waals surface area (Å²) >= 11 is 0. The lowest BCUT2D eigenvalue weighted by atomic mass is 9.86. The lowest BCUT2D eigenvalue weighted by Gasteiger charge is -2.35. The molecule has 7 atom stereocenters. The van der Waals surface area contributed by atoms with Crippen molar-refractivity contribution >= 4 is 28.8 Å². The normalized spacial score (nSPS) is 24.3. The van der Waals surface area contributed by atoms with Crippen LogP contribution in [0.25, 0.3) is 22.2 Å². The van der Waals surface area contributed by atoms with Crippen molar-refractivity contribution in [3.63, 3.8) is 0 Å². The lowest BCUT2D eigenvalue weighted by molar-refractivity contribution is -0.149. The number of benzene rings is 3. The van der Waals surface area contributed by atoms with E-state index in [-0.39, 0.29) is 37.6 Å². The molecule has 3 aromatic carbocycles. The number of fused-ring (bicyclic) bond motifs is 2. The van der Waals surface area contributed by atoms with Gasteiger partial charge in [-0.15, -0.1) is 6.58 Å². The highest BCUT2D eigenvalue weighted by Gasteiger charge is 2.62. The highest BCUT2D eigenvalue weighted by Crippen LogP contribution is 2.46. The van der Waals surface area contributed by atoms with Crippen LogP contribution in [0.3, 0.4) is 0 Å². The van der Waals surface area contributed by atoms with Crippen molar-refractivity contribution < 1.29 is 33.7 Å². The van der Waals surface area contributed by atoms with Gasteiger partial charge in [-0.25, -0.2) is 14.6 Å². The van der Waals surface area contributed by atoms with Crippen molar-refractivity contribution in [2.45, 2.75) is 82.8 Å². The van der Waals surface area contributed by atoms with Crippen molar-refractivity contribution in [2.75, 3.05) is 26.8 Å². The maximum Gasteiger partial charge on any atom is 0.332 e. The fourth-order valence-corrected chi connectivity index (χ4v) is 8.13. The molecule has 0 bridgehead atoms. The number of rotatable bonds is 13. The fourth-order valence-electron chi connectivity index (χ4n) is 8.13. The zero-order valence-electron chi connectivity index (χ0n) is 33.3. The molecule has 4 N–H and O–H groups in total. The molecule has 300 valence electrons. The Bertz CT molecular complexity index is 2140. The number of amides is 3. The van der Waals surface area contributed by atoms with Crippen LogP contribution in [0.15, 0.2) is 91.5 Å². The molecule has 1 saturated carbocycles.